The molecule has 1 aromatic rings. The van der Waals surface area contributed by atoms with Crippen molar-refractivity contribution in [3.63, 3.8) is 0 Å². The summed E-state index contributed by atoms with van der Waals surface area (Å²) in [5.74, 6) is 0. The van der Waals surface area contributed by atoms with Gasteiger partial charge in [-0.2, -0.15) is 0 Å². The zero-order valence-electron chi connectivity index (χ0n) is 11.1. The average Bonchev–Trinajstić information content (AvgIpc) is 2.67. The van der Waals surface area contributed by atoms with E-state index < -0.39 is 10.0 Å². The molecule has 7 heteroatoms. The number of nitrogens with one attached hydrogen (secondary N) is 1. The molecule has 0 fully saturated rings. The minimum Gasteiger partial charge on any atom is -0.207 e. The van der Waals surface area contributed by atoms with Crippen LogP contribution >= 0.6 is 38.9 Å². The Morgan fingerprint density at radius 3 is 2.53 bits per heavy atom. The number of unbranched alkanes of at least 4 members (excludes halogenated alkanes) is 1. The highest BCUT2D eigenvalue weighted by atomic mass is 79.9. The van der Waals surface area contributed by atoms with Crippen molar-refractivity contribution in [1.29, 1.82) is 0 Å². The van der Waals surface area contributed by atoms with Crippen LogP contribution in [0.25, 0.3) is 0 Å². The third kappa shape index (κ3) is 5.34. The molecule has 0 bridgehead atoms. The van der Waals surface area contributed by atoms with Gasteiger partial charge in [-0.3, -0.25) is 0 Å². The molecule has 1 aromatic heterocycles. The van der Waals surface area contributed by atoms with E-state index >= 15 is 0 Å². The molecule has 0 amide bonds. The van der Waals surface area contributed by atoms with Crippen molar-refractivity contribution >= 4 is 48.9 Å². The molecule has 0 radical (unpaired) electrons. The molecule has 1 rings (SSSR count). The summed E-state index contributed by atoms with van der Waals surface area (Å²) < 4.78 is 28.2. The molecule has 1 atom stereocenters. The van der Waals surface area contributed by atoms with Gasteiger partial charge < -0.3 is 0 Å². The third-order valence-corrected chi connectivity index (χ3v) is 7.22. The summed E-state index contributed by atoms with van der Waals surface area (Å²) in [4.78, 5) is 0. The predicted octanol–water partition coefficient (Wildman–Crippen LogP) is 4.80. The van der Waals surface area contributed by atoms with Gasteiger partial charge in [-0.05, 0) is 34.8 Å². The highest BCUT2D eigenvalue weighted by Gasteiger charge is 2.22. The van der Waals surface area contributed by atoms with Gasteiger partial charge in [-0.25, -0.2) is 13.1 Å². The average molecular weight is 389 g/mol. The van der Waals surface area contributed by atoms with Crippen molar-refractivity contribution < 1.29 is 8.42 Å². The fraction of sp³-hybridized carbons (Fsp3) is 0.667. The Balaban J connectivity index is 2.81. The fourth-order valence-electron chi connectivity index (χ4n) is 1.80. The van der Waals surface area contributed by atoms with E-state index in [-0.39, 0.29) is 10.3 Å². The molecule has 19 heavy (non-hydrogen) atoms. The maximum absolute atomic E-state index is 12.3. The quantitative estimate of drug-likeness (QED) is 0.695. The number of sulfonamides is 1. The lowest BCUT2D eigenvalue weighted by Gasteiger charge is -2.17. The van der Waals surface area contributed by atoms with Gasteiger partial charge in [0.1, 0.15) is 4.21 Å². The highest BCUT2D eigenvalue weighted by Crippen LogP contribution is 2.34. The van der Waals surface area contributed by atoms with Crippen LogP contribution in [0.2, 0.25) is 5.02 Å². The Morgan fingerprint density at radius 2 is 2.05 bits per heavy atom. The number of hydrogen-bond donors (Lipinski definition) is 1. The van der Waals surface area contributed by atoms with Crippen LogP contribution in [-0.2, 0) is 10.0 Å². The molecule has 0 aromatic carbocycles. The zero-order chi connectivity index (χ0) is 14.5. The van der Waals surface area contributed by atoms with Crippen molar-refractivity contribution in [2.24, 2.45) is 0 Å². The Morgan fingerprint density at radius 1 is 1.37 bits per heavy atom. The van der Waals surface area contributed by atoms with Gasteiger partial charge in [-0.15, -0.1) is 11.3 Å². The Labute approximate surface area is 132 Å². The molecule has 110 valence electrons. The maximum atomic E-state index is 12.3. The van der Waals surface area contributed by atoms with Gasteiger partial charge in [0.2, 0.25) is 10.0 Å². The summed E-state index contributed by atoms with van der Waals surface area (Å²) in [5.41, 5.74) is 0. The summed E-state index contributed by atoms with van der Waals surface area (Å²) in [6.45, 7) is 4.17. The van der Waals surface area contributed by atoms with Crippen molar-refractivity contribution in [3.8, 4) is 0 Å². The molecule has 3 nitrogen and oxygen atoms in total. The van der Waals surface area contributed by atoms with Crippen molar-refractivity contribution in [1.82, 2.24) is 4.72 Å². The molecular formula is C12H19BrClNO2S2. The van der Waals surface area contributed by atoms with Gasteiger partial charge >= 0.3 is 0 Å². The molecule has 0 saturated carbocycles. The Bertz CT molecular complexity index is 482. The second-order valence-electron chi connectivity index (χ2n) is 4.44. The van der Waals surface area contributed by atoms with Crippen LogP contribution in [-0.4, -0.2) is 14.5 Å². The van der Waals surface area contributed by atoms with Crippen LogP contribution in [0.5, 0.6) is 0 Å². The van der Waals surface area contributed by atoms with E-state index in [1.807, 2.05) is 0 Å². The summed E-state index contributed by atoms with van der Waals surface area (Å²) in [6.07, 6.45) is 4.80. The number of halogens is 2. The first-order chi connectivity index (χ1) is 8.90. The monoisotopic (exact) mass is 387 g/mol. The maximum Gasteiger partial charge on any atom is 0.250 e. The van der Waals surface area contributed by atoms with E-state index in [9.17, 15) is 8.42 Å². The molecule has 0 spiro atoms. The van der Waals surface area contributed by atoms with Crippen LogP contribution in [0.3, 0.4) is 0 Å². The van der Waals surface area contributed by atoms with E-state index in [1.165, 1.54) is 6.07 Å². The summed E-state index contributed by atoms with van der Waals surface area (Å²) in [6, 6.07) is 1.50. The third-order valence-electron chi connectivity index (χ3n) is 2.75. The number of hydrogen-bond acceptors (Lipinski definition) is 3. The second kappa shape index (κ2) is 7.98. The van der Waals surface area contributed by atoms with E-state index in [2.05, 4.69) is 34.5 Å². The summed E-state index contributed by atoms with van der Waals surface area (Å²) >= 11 is 10.3. The standard InChI is InChI=1S/C12H19BrClNO2S2/c1-3-5-7-9(6-4-2)15-19(16,17)11-8-10(14)12(13)18-11/h8-9,15H,3-7H2,1-2H3. The van der Waals surface area contributed by atoms with Gasteiger partial charge in [0.05, 0.1) is 8.81 Å². The Kier molecular flexibility index (Phi) is 7.32. The van der Waals surface area contributed by atoms with Gasteiger partial charge in [0, 0.05) is 6.04 Å². The SMILES string of the molecule is CCCCC(CCC)NS(=O)(=O)c1cc(Cl)c(Br)s1. The first-order valence-electron chi connectivity index (χ1n) is 6.37. The first kappa shape index (κ1) is 17.4. The van der Waals surface area contributed by atoms with Gasteiger partial charge in [0.15, 0.2) is 0 Å². The van der Waals surface area contributed by atoms with E-state index in [0.29, 0.717) is 8.81 Å². The molecular weight excluding hydrogens is 370 g/mol. The van der Waals surface area contributed by atoms with Gasteiger partial charge in [-0.1, -0.05) is 44.7 Å². The van der Waals surface area contributed by atoms with Crippen LogP contribution in [0, 0.1) is 0 Å². The molecule has 0 aliphatic rings. The normalized spacial score (nSPS) is 13.7. The molecule has 1 heterocycles. The van der Waals surface area contributed by atoms with E-state index in [4.69, 9.17) is 11.6 Å². The Hall–Kier alpha value is 0.380. The summed E-state index contributed by atoms with van der Waals surface area (Å²) in [7, 11) is -3.46. The number of thiophene rings is 1. The van der Waals surface area contributed by atoms with E-state index in [0.717, 1.165) is 43.4 Å². The molecule has 1 N–H and O–H groups in total. The van der Waals surface area contributed by atoms with E-state index in [1.54, 1.807) is 0 Å². The second-order valence-corrected chi connectivity index (χ2v) is 9.15. The largest absolute Gasteiger partial charge is 0.250 e. The van der Waals surface area contributed by atoms with Gasteiger partial charge in [0.25, 0.3) is 0 Å². The highest BCUT2D eigenvalue weighted by molar-refractivity contribution is 9.11. The molecule has 0 saturated heterocycles. The first-order valence-corrected chi connectivity index (χ1v) is 9.85. The zero-order valence-corrected chi connectivity index (χ0v) is 15.1. The smallest absolute Gasteiger partial charge is 0.207 e. The summed E-state index contributed by atoms with van der Waals surface area (Å²) in [5, 5.41) is 0.436. The fourth-order valence-corrected chi connectivity index (χ4v) is 5.52. The van der Waals surface area contributed by atoms with Crippen molar-refractivity contribution in [2.75, 3.05) is 0 Å². The number of rotatable bonds is 8. The molecule has 0 aliphatic carbocycles. The van der Waals surface area contributed by atoms with Crippen LogP contribution in [0.1, 0.15) is 46.0 Å². The minimum atomic E-state index is -3.46. The lowest BCUT2D eigenvalue weighted by atomic mass is 10.1. The lowest BCUT2D eigenvalue weighted by molar-refractivity contribution is 0.484. The van der Waals surface area contributed by atoms with Crippen LogP contribution < -0.4 is 4.72 Å². The molecule has 1 unspecified atom stereocenters. The molecule has 0 aliphatic heterocycles. The van der Waals surface area contributed by atoms with Crippen LogP contribution in [0.15, 0.2) is 14.1 Å². The lowest BCUT2D eigenvalue weighted by Crippen LogP contribution is -2.34. The predicted molar refractivity (Wildman–Crippen MR) is 85.6 cm³/mol. The van der Waals surface area contributed by atoms with Crippen molar-refractivity contribution in [2.45, 2.75) is 56.2 Å². The topological polar surface area (TPSA) is 46.2 Å². The van der Waals surface area contributed by atoms with Crippen LogP contribution in [0.4, 0.5) is 0 Å². The van der Waals surface area contributed by atoms with Crippen molar-refractivity contribution in [3.05, 3.63) is 14.9 Å². The minimum absolute atomic E-state index is 0.00889.